The molecule has 3 heteroatoms. The highest BCUT2D eigenvalue weighted by molar-refractivity contribution is 5.76. The van der Waals surface area contributed by atoms with Gasteiger partial charge in [0.1, 0.15) is 11.2 Å². The first-order valence-electron chi connectivity index (χ1n) is 7.97. The molecule has 1 saturated carbocycles. The van der Waals surface area contributed by atoms with Crippen molar-refractivity contribution in [2.45, 2.75) is 97.9 Å². The van der Waals surface area contributed by atoms with Gasteiger partial charge in [-0.1, -0.05) is 6.92 Å². The number of esters is 1. The molecule has 0 heterocycles. The third-order valence-corrected chi connectivity index (χ3v) is 4.76. The molecular formula is C17H32O3. The Morgan fingerprint density at radius 1 is 1.15 bits per heavy atom. The summed E-state index contributed by atoms with van der Waals surface area (Å²) >= 11 is 0. The summed E-state index contributed by atoms with van der Waals surface area (Å²) in [5.74, 6) is -0.0951. The molecule has 118 valence electrons. The molecule has 0 spiro atoms. The van der Waals surface area contributed by atoms with Crippen molar-refractivity contribution in [1.29, 1.82) is 0 Å². The molecule has 0 unspecified atom stereocenters. The second-order valence-electron chi connectivity index (χ2n) is 7.51. The fourth-order valence-electron chi connectivity index (χ4n) is 2.93. The summed E-state index contributed by atoms with van der Waals surface area (Å²) in [6.07, 6.45) is 4.92. The van der Waals surface area contributed by atoms with E-state index >= 15 is 0 Å². The molecule has 0 aromatic heterocycles. The van der Waals surface area contributed by atoms with Gasteiger partial charge in [0.25, 0.3) is 0 Å². The predicted octanol–water partition coefficient (Wildman–Crippen LogP) is 4.48. The van der Waals surface area contributed by atoms with Crippen molar-refractivity contribution in [2.24, 2.45) is 5.41 Å². The standard InChI is InChI=1S/C17H32O3/c1-8-15(4,5)14(18)20-17(11-9-10-12-17)16(6,7)19-13(2)3/h13H,8-12H2,1-7H3. The van der Waals surface area contributed by atoms with Crippen LogP contribution in [0.5, 0.6) is 0 Å². The maximum Gasteiger partial charge on any atom is 0.312 e. The van der Waals surface area contributed by atoms with E-state index in [2.05, 4.69) is 13.8 Å². The zero-order valence-electron chi connectivity index (χ0n) is 14.3. The first kappa shape index (κ1) is 17.5. The molecular weight excluding hydrogens is 252 g/mol. The minimum Gasteiger partial charge on any atom is -0.456 e. The maximum atomic E-state index is 12.5. The second kappa shape index (κ2) is 6.05. The fourth-order valence-corrected chi connectivity index (χ4v) is 2.93. The van der Waals surface area contributed by atoms with Gasteiger partial charge in [-0.2, -0.15) is 0 Å². The van der Waals surface area contributed by atoms with Crippen molar-refractivity contribution < 1.29 is 14.3 Å². The van der Waals surface area contributed by atoms with Gasteiger partial charge in [0.2, 0.25) is 0 Å². The maximum absolute atomic E-state index is 12.5. The molecule has 0 atom stereocenters. The van der Waals surface area contributed by atoms with E-state index < -0.39 is 16.6 Å². The summed E-state index contributed by atoms with van der Waals surface area (Å²) in [5, 5.41) is 0. The molecule has 1 aliphatic rings. The quantitative estimate of drug-likeness (QED) is 0.674. The third kappa shape index (κ3) is 3.55. The molecule has 1 rings (SSSR count). The van der Waals surface area contributed by atoms with Crippen molar-refractivity contribution >= 4 is 5.97 Å². The summed E-state index contributed by atoms with van der Waals surface area (Å²) in [6.45, 7) is 14.1. The molecule has 0 aliphatic heterocycles. The van der Waals surface area contributed by atoms with Crippen LogP contribution < -0.4 is 0 Å². The van der Waals surface area contributed by atoms with Crippen molar-refractivity contribution in [1.82, 2.24) is 0 Å². The van der Waals surface area contributed by atoms with Gasteiger partial charge in [-0.3, -0.25) is 4.79 Å². The smallest absolute Gasteiger partial charge is 0.312 e. The van der Waals surface area contributed by atoms with Crippen LogP contribution >= 0.6 is 0 Å². The Morgan fingerprint density at radius 3 is 2.05 bits per heavy atom. The van der Waals surface area contributed by atoms with E-state index in [0.29, 0.717) is 0 Å². The van der Waals surface area contributed by atoms with Gasteiger partial charge < -0.3 is 9.47 Å². The average molecular weight is 284 g/mol. The molecule has 1 fully saturated rings. The lowest BCUT2D eigenvalue weighted by Gasteiger charge is -2.45. The SMILES string of the molecule is CCC(C)(C)C(=O)OC1(C(C)(C)OC(C)C)CCCC1. The molecule has 1 aliphatic carbocycles. The van der Waals surface area contributed by atoms with Crippen molar-refractivity contribution in [3.8, 4) is 0 Å². The molecule has 0 aromatic carbocycles. The lowest BCUT2D eigenvalue weighted by Crippen LogP contribution is -2.55. The predicted molar refractivity (Wildman–Crippen MR) is 81.7 cm³/mol. The minimum absolute atomic E-state index is 0.0951. The molecule has 3 nitrogen and oxygen atoms in total. The molecule has 0 saturated heterocycles. The molecule has 0 N–H and O–H groups in total. The number of hydrogen-bond acceptors (Lipinski definition) is 3. The van der Waals surface area contributed by atoms with Gasteiger partial charge in [-0.15, -0.1) is 0 Å². The van der Waals surface area contributed by atoms with Crippen molar-refractivity contribution in [3.63, 3.8) is 0 Å². The van der Waals surface area contributed by atoms with E-state index in [1.165, 1.54) is 0 Å². The molecule has 0 bridgehead atoms. The van der Waals surface area contributed by atoms with Crippen LogP contribution in [0.1, 0.15) is 80.6 Å². The number of rotatable bonds is 6. The van der Waals surface area contributed by atoms with Crippen LogP contribution in [0.25, 0.3) is 0 Å². The van der Waals surface area contributed by atoms with Crippen molar-refractivity contribution in [3.05, 3.63) is 0 Å². The largest absolute Gasteiger partial charge is 0.456 e. The van der Waals surface area contributed by atoms with Crippen LogP contribution in [0.3, 0.4) is 0 Å². The molecule has 0 amide bonds. The summed E-state index contributed by atoms with van der Waals surface area (Å²) in [5.41, 5.74) is -1.35. The molecule has 20 heavy (non-hydrogen) atoms. The van der Waals surface area contributed by atoms with Gasteiger partial charge in [0.15, 0.2) is 0 Å². The highest BCUT2D eigenvalue weighted by Gasteiger charge is 2.52. The van der Waals surface area contributed by atoms with Crippen molar-refractivity contribution in [2.75, 3.05) is 0 Å². The van der Waals surface area contributed by atoms with E-state index in [-0.39, 0.29) is 12.1 Å². The number of ether oxygens (including phenoxy) is 2. The topological polar surface area (TPSA) is 35.5 Å². The Kier molecular flexibility index (Phi) is 5.29. The lowest BCUT2D eigenvalue weighted by molar-refractivity contribution is -0.216. The van der Waals surface area contributed by atoms with Crippen LogP contribution in [-0.4, -0.2) is 23.3 Å². The fraction of sp³-hybridized carbons (Fsp3) is 0.941. The highest BCUT2D eigenvalue weighted by atomic mass is 16.6. The molecule has 0 aromatic rings. The summed E-state index contributed by atoms with van der Waals surface area (Å²) in [7, 11) is 0. The Bertz CT molecular complexity index is 336. The van der Waals surface area contributed by atoms with Gasteiger partial charge in [0.05, 0.1) is 11.5 Å². The Hall–Kier alpha value is -0.570. The van der Waals surface area contributed by atoms with Crippen LogP contribution in [0.4, 0.5) is 0 Å². The highest BCUT2D eigenvalue weighted by Crippen LogP contribution is 2.45. The monoisotopic (exact) mass is 284 g/mol. The Labute approximate surface area is 124 Å². The lowest BCUT2D eigenvalue weighted by atomic mass is 9.82. The zero-order valence-corrected chi connectivity index (χ0v) is 14.3. The summed E-state index contributed by atoms with van der Waals surface area (Å²) < 4.78 is 12.2. The first-order chi connectivity index (χ1) is 9.06. The van der Waals surface area contributed by atoms with Gasteiger partial charge in [0, 0.05) is 0 Å². The normalized spacial score (nSPS) is 19.4. The number of carbonyl (C=O) groups excluding carboxylic acids is 1. The van der Waals surface area contributed by atoms with Gasteiger partial charge >= 0.3 is 5.97 Å². The first-order valence-corrected chi connectivity index (χ1v) is 7.97. The van der Waals surface area contributed by atoms with E-state index in [9.17, 15) is 4.79 Å². The van der Waals surface area contributed by atoms with Gasteiger partial charge in [-0.25, -0.2) is 0 Å². The van der Waals surface area contributed by atoms with Crippen LogP contribution in [0.15, 0.2) is 0 Å². The van der Waals surface area contributed by atoms with Crippen LogP contribution in [-0.2, 0) is 14.3 Å². The van der Waals surface area contributed by atoms with Gasteiger partial charge in [-0.05, 0) is 73.6 Å². The van der Waals surface area contributed by atoms with E-state index in [0.717, 1.165) is 32.1 Å². The zero-order chi connectivity index (χ0) is 15.6. The third-order valence-electron chi connectivity index (χ3n) is 4.76. The molecule has 0 radical (unpaired) electrons. The van der Waals surface area contributed by atoms with E-state index in [4.69, 9.17) is 9.47 Å². The number of carbonyl (C=O) groups is 1. The minimum atomic E-state index is -0.471. The second-order valence-corrected chi connectivity index (χ2v) is 7.51. The Morgan fingerprint density at radius 2 is 1.65 bits per heavy atom. The summed E-state index contributed by atoms with van der Waals surface area (Å²) in [6, 6.07) is 0. The van der Waals surface area contributed by atoms with Crippen LogP contribution in [0, 0.1) is 5.41 Å². The number of hydrogen-bond donors (Lipinski definition) is 0. The Balaban J connectivity index is 2.96. The summed E-state index contributed by atoms with van der Waals surface area (Å²) in [4.78, 5) is 12.5. The van der Waals surface area contributed by atoms with Crippen LogP contribution in [0.2, 0.25) is 0 Å². The van der Waals surface area contributed by atoms with E-state index in [1.807, 2.05) is 34.6 Å². The average Bonchev–Trinajstić information content (AvgIpc) is 2.77. The van der Waals surface area contributed by atoms with E-state index in [1.54, 1.807) is 0 Å².